The van der Waals surface area contributed by atoms with Gasteiger partial charge in [-0.15, -0.1) is 0 Å². The topological polar surface area (TPSA) is 114 Å². The third kappa shape index (κ3) is 5.79. The molecular weight excluding hydrogens is 498 g/mol. The quantitative estimate of drug-likeness (QED) is 0.354. The number of rotatable bonds is 7. The lowest BCUT2D eigenvalue weighted by Crippen LogP contribution is -2.54. The Morgan fingerprint density at radius 3 is 2.57 bits per heavy atom. The maximum Gasteiger partial charge on any atom is 0.335 e. The van der Waals surface area contributed by atoms with E-state index in [4.69, 9.17) is 21.1 Å². The Balaban J connectivity index is 1.61. The van der Waals surface area contributed by atoms with Gasteiger partial charge in [0.25, 0.3) is 17.7 Å². The van der Waals surface area contributed by atoms with E-state index in [1.807, 2.05) is 25.1 Å². The van der Waals surface area contributed by atoms with Gasteiger partial charge in [-0.3, -0.25) is 19.7 Å². The number of benzene rings is 3. The number of aryl methyl sites for hydroxylation is 1. The Labute approximate surface area is 217 Å². The monoisotopic (exact) mass is 519 g/mol. The number of halogens is 1. The number of barbiturate groups is 1. The molecule has 5 amide bonds. The van der Waals surface area contributed by atoms with Gasteiger partial charge in [-0.25, -0.2) is 9.69 Å². The summed E-state index contributed by atoms with van der Waals surface area (Å²) >= 11 is 6.18. The smallest absolute Gasteiger partial charge is 0.335 e. The van der Waals surface area contributed by atoms with E-state index < -0.39 is 23.8 Å². The van der Waals surface area contributed by atoms with E-state index >= 15 is 0 Å². The molecule has 0 saturated carbocycles. The highest BCUT2D eigenvalue weighted by Crippen LogP contribution is 2.31. The number of amides is 5. The van der Waals surface area contributed by atoms with Crippen LogP contribution in [0.1, 0.15) is 11.1 Å². The molecule has 10 heteroatoms. The summed E-state index contributed by atoms with van der Waals surface area (Å²) in [5.74, 6) is -1.52. The van der Waals surface area contributed by atoms with Crippen molar-refractivity contribution in [1.29, 1.82) is 0 Å². The van der Waals surface area contributed by atoms with E-state index in [0.717, 1.165) is 10.5 Å². The number of carbonyl (C=O) groups is 4. The van der Waals surface area contributed by atoms with Gasteiger partial charge in [0.1, 0.15) is 17.1 Å². The first-order valence-corrected chi connectivity index (χ1v) is 11.5. The van der Waals surface area contributed by atoms with E-state index in [-0.39, 0.29) is 28.6 Å². The lowest BCUT2D eigenvalue weighted by molar-refractivity contribution is -0.122. The molecule has 9 nitrogen and oxygen atoms in total. The van der Waals surface area contributed by atoms with Crippen molar-refractivity contribution in [2.24, 2.45) is 0 Å². The van der Waals surface area contributed by atoms with Crippen LogP contribution in [0.3, 0.4) is 0 Å². The lowest BCUT2D eigenvalue weighted by atomic mass is 10.1. The minimum absolute atomic E-state index is 0.129. The second-order valence-electron chi connectivity index (χ2n) is 8.02. The number of nitrogens with zero attached hydrogens (tertiary/aromatic N) is 1. The van der Waals surface area contributed by atoms with Gasteiger partial charge in [-0.1, -0.05) is 35.9 Å². The van der Waals surface area contributed by atoms with Crippen LogP contribution in [-0.4, -0.2) is 37.5 Å². The standard InChI is InChI=1S/C27H22ClN3O6/c1-16-6-5-7-18(12-16)29-24(32)15-37-23-14-19(36-2)11-10-17(23)13-20-25(33)30-27(35)31(26(20)34)22-9-4-3-8-21(22)28/h3-14H,15H2,1-2H3,(H,29,32)(H,30,33,35)/b20-13+. The van der Waals surface area contributed by atoms with Gasteiger partial charge in [0, 0.05) is 17.3 Å². The van der Waals surface area contributed by atoms with E-state index in [1.54, 1.807) is 30.3 Å². The van der Waals surface area contributed by atoms with Crippen LogP contribution in [0.5, 0.6) is 11.5 Å². The highest BCUT2D eigenvalue weighted by Gasteiger charge is 2.37. The van der Waals surface area contributed by atoms with Crippen LogP contribution in [0.4, 0.5) is 16.2 Å². The molecule has 0 bridgehead atoms. The minimum Gasteiger partial charge on any atom is -0.497 e. The van der Waals surface area contributed by atoms with Crippen molar-refractivity contribution in [3.8, 4) is 11.5 Å². The number of ether oxygens (including phenoxy) is 2. The summed E-state index contributed by atoms with van der Waals surface area (Å²) in [4.78, 5) is 51.5. The van der Waals surface area contributed by atoms with Crippen LogP contribution in [0, 0.1) is 6.92 Å². The molecule has 0 aliphatic carbocycles. The fourth-order valence-corrected chi connectivity index (χ4v) is 3.83. The molecule has 0 aromatic heterocycles. The van der Waals surface area contributed by atoms with Crippen LogP contribution < -0.4 is 25.0 Å². The fourth-order valence-electron chi connectivity index (χ4n) is 3.61. The molecule has 0 spiro atoms. The molecule has 37 heavy (non-hydrogen) atoms. The first-order valence-electron chi connectivity index (χ1n) is 11.1. The van der Waals surface area contributed by atoms with E-state index in [0.29, 0.717) is 17.0 Å². The van der Waals surface area contributed by atoms with E-state index in [2.05, 4.69) is 10.6 Å². The maximum absolute atomic E-state index is 13.2. The second-order valence-corrected chi connectivity index (χ2v) is 8.43. The van der Waals surface area contributed by atoms with Crippen molar-refractivity contribution >= 4 is 52.8 Å². The molecule has 3 aromatic rings. The van der Waals surface area contributed by atoms with E-state index in [1.165, 1.54) is 31.4 Å². The number of hydrogen-bond acceptors (Lipinski definition) is 6. The van der Waals surface area contributed by atoms with Crippen molar-refractivity contribution in [3.05, 3.63) is 88.5 Å². The number of hydrogen-bond donors (Lipinski definition) is 2. The zero-order valence-electron chi connectivity index (χ0n) is 19.9. The van der Waals surface area contributed by atoms with Crippen molar-refractivity contribution in [1.82, 2.24) is 5.32 Å². The van der Waals surface area contributed by atoms with Gasteiger partial charge >= 0.3 is 6.03 Å². The SMILES string of the molecule is COc1ccc(/C=C2\C(=O)NC(=O)N(c3ccccc3Cl)C2=O)c(OCC(=O)Nc2cccc(C)c2)c1. The zero-order valence-corrected chi connectivity index (χ0v) is 20.7. The molecule has 0 atom stereocenters. The summed E-state index contributed by atoms with van der Waals surface area (Å²) in [6.45, 7) is 1.56. The van der Waals surface area contributed by atoms with Crippen LogP contribution >= 0.6 is 11.6 Å². The predicted molar refractivity (Wildman–Crippen MR) is 139 cm³/mol. The van der Waals surface area contributed by atoms with Crippen molar-refractivity contribution < 1.29 is 28.7 Å². The van der Waals surface area contributed by atoms with Gasteiger partial charge in [-0.2, -0.15) is 0 Å². The Morgan fingerprint density at radius 1 is 1.05 bits per heavy atom. The molecule has 2 N–H and O–H groups in total. The normalized spacial score (nSPS) is 14.4. The van der Waals surface area contributed by atoms with Crippen molar-refractivity contribution in [2.75, 3.05) is 23.9 Å². The Morgan fingerprint density at radius 2 is 1.84 bits per heavy atom. The van der Waals surface area contributed by atoms with Crippen molar-refractivity contribution in [2.45, 2.75) is 6.92 Å². The van der Waals surface area contributed by atoms with Crippen LogP contribution in [-0.2, 0) is 14.4 Å². The number of methoxy groups -OCH3 is 1. The molecule has 1 heterocycles. The Bertz CT molecular complexity index is 1440. The van der Waals surface area contributed by atoms with Crippen molar-refractivity contribution in [3.63, 3.8) is 0 Å². The average Bonchev–Trinajstić information content (AvgIpc) is 2.86. The number of urea groups is 1. The Kier molecular flexibility index (Phi) is 7.55. The number of anilines is 2. The molecular formula is C27H22ClN3O6. The third-order valence-electron chi connectivity index (χ3n) is 5.38. The third-order valence-corrected chi connectivity index (χ3v) is 5.70. The molecule has 4 rings (SSSR count). The summed E-state index contributed by atoms with van der Waals surface area (Å²) < 4.78 is 11.0. The molecule has 1 saturated heterocycles. The van der Waals surface area contributed by atoms with Gasteiger partial charge in [0.15, 0.2) is 6.61 Å². The van der Waals surface area contributed by atoms with Gasteiger partial charge < -0.3 is 14.8 Å². The maximum atomic E-state index is 13.2. The second kappa shape index (κ2) is 11.0. The fraction of sp³-hybridized carbons (Fsp3) is 0.111. The van der Waals surface area contributed by atoms with Crippen LogP contribution in [0.2, 0.25) is 5.02 Å². The van der Waals surface area contributed by atoms with Crippen LogP contribution in [0.25, 0.3) is 6.08 Å². The molecule has 1 aliphatic heterocycles. The number of imide groups is 2. The highest BCUT2D eigenvalue weighted by atomic mass is 35.5. The zero-order chi connectivity index (χ0) is 26.5. The van der Waals surface area contributed by atoms with Gasteiger partial charge in [0.2, 0.25) is 0 Å². The Hall–Kier alpha value is -4.63. The predicted octanol–water partition coefficient (Wildman–Crippen LogP) is 4.34. The van der Waals surface area contributed by atoms with Crippen LogP contribution in [0.15, 0.2) is 72.3 Å². The summed E-state index contributed by atoms with van der Waals surface area (Å²) in [5.41, 5.74) is 1.73. The molecule has 1 fully saturated rings. The molecule has 3 aromatic carbocycles. The highest BCUT2D eigenvalue weighted by molar-refractivity contribution is 6.42. The molecule has 0 unspecified atom stereocenters. The molecule has 0 radical (unpaired) electrons. The lowest BCUT2D eigenvalue weighted by Gasteiger charge is -2.27. The minimum atomic E-state index is -0.917. The summed E-state index contributed by atoms with van der Waals surface area (Å²) in [6, 6.07) is 17.3. The van der Waals surface area contributed by atoms with Gasteiger partial charge in [0.05, 0.1) is 17.8 Å². The number of para-hydroxylation sites is 1. The summed E-state index contributed by atoms with van der Waals surface area (Å²) in [6.07, 6.45) is 1.28. The first kappa shape index (κ1) is 25.5. The summed E-state index contributed by atoms with van der Waals surface area (Å²) in [5, 5.41) is 5.06. The summed E-state index contributed by atoms with van der Waals surface area (Å²) in [7, 11) is 1.47. The number of carbonyl (C=O) groups excluding carboxylic acids is 4. The molecule has 188 valence electrons. The largest absolute Gasteiger partial charge is 0.497 e. The van der Waals surface area contributed by atoms with Gasteiger partial charge in [-0.05, 0) is 55.0 Å². The first-order chi connectivity index (χ1) is 17.8. The number of nitrogens with one attached hydrogen (secondary N) is 2. The average molecular weight is 520 g/mol. The molecule has 1 aliphatic rings. The van der Waals surface area contributed by atoms with E-state index in [9.17, 15) is 19.2 Å².